The van der Waals surface area contributed by atoms with Crippen molar-refractivity contribution in [3.63, 3.8) is 0 Å². The van der Waals surface area contributed by atoms with Crippen LogP contribution < -0.4 is 10.6 Å². The fourth-order valence-corrected chi connectivity index (χ4v) is 4.15. The number of benzene rings is 2. The molecule has 0 bridgehead atoms. The molecule has 2 atom stereocenters. The maximum atomic E-state index is 11.1. The van der Waals surface area contributed by atoms with Crippen LogP contribution in [0.15, 0.2) is 54.6 Å². The van der Waals surface area contributed by atoms with Gasteiger partial charge in [0.05, 0.1) is 16.9 Å². The van der Waals surface area contributed by atoms with Gasteiger partial charge in [-0.2, -0.15) is 0 Å². The molecule has 1 aromatic heterocycles. The van der Waals surface area contributed by atoms with E-state index in [2.05, 4.69) is 22.0 Å². The van der Waals surface area contributed by atoms with Crippen molar-refractivity contribution < 1.29 is 15.0 Å². The average Bonchev–Trinajstić information content (AvgIpc) is 2.74. The molecule has 154 valence electrons. The van der Waals surface area contributed by atoms with Crippen molar-refractivity contribution in [1.29, 1.82) is 0 Å². The number of phenolic OH excluding ortho intramolecular Hbond substituents is 1. The largest absolute Gasteiger partial charge is 0.507 e. The normalized spacial score (nSPS) is 18.9. The van der Waals surface area contributed by atoms with Crippen LogP contribution in [0.5, 0.6) is 5.75 Å². The number of anilines is 2. The molecule has 0 unspecified atom stereocenters. The molecule has 4 rings (SSSR count). The number of nitrogen functional groups attached to an aromatic ring is 1. The summed E-state index contributed by atoms with van der Waals surface area (Å²) in [6.45, 7) is 3.77. The predicted octanol–water partition coefficient (Wildman–Crippen LogP) is 3.76. The third kappa shape index (κ3) is 3.91. The quantitative estimate of drug-likeness (QED) is 0.607. The van der Waals surface area contributed by atoms with Gasteiger partial charge in [-0.3, -0.25) is 0 Å². The summed E-state index contributed by atoms with van der Waals surface area (Å²) in [6, 6.07) is 16.0. The molecular formula is C23H24N4O3. The van der Waals surface area contributed by atoms with Crippen LogP contribution in [0.4, 0.5) is 11.5 Å². The fourth-order valence-electron chi connectivity index (χ4n) is 4.15. The third-order valence-corrected chi connectivity index (χ3v) is 5.61. The van der Waals surface area contributed by atoms with Crippen LogP contribution in [0.3, 0.4) is 0 Å². The molecule has 4 N–H and O–H groups in total. The van der Waals surface area contributed by atoms with E-state index in [0.717, 1.165) is 30.8 Å². The number of phenols is 1. The van der Waals surface area contributed by atoms with Crippen LogP contribution in [0.1, 0.15) is 35.2 Å². The molecule has 0 radical (unpaired) electrons. The maximum absolute atomic E-state index is 11.1. The van der Waals surface area contributed by atoms with Crippen molar-refractivity contribution in [2.45, 2.75) is 19.3 Å². The first-order chi connectivity index (χ1) is 14.4. The molecule has 1 saturated heterocycles. The van der Waals surface area contributed by atoms with E-state index in [1.807, 2.05) is 24.3 Å². The zero-order chi connectivity index (χ0) is 21.3. The zero-order valence-electron chi connectivity index (χ0n) is 16.7. The summed E-state index contributed by atoms with van der Waals surface area (Å²) in [5, 5.41) is 27.6. The van der Waals surface area contributed by atoms with E-state index in [1.165, 1.54) is 0 Å². The molecule has 30 heavy (non-hydrogen) atoms. The number of aromatic nitrogens is 2. The Bertz CT molecular complexity index is 1070. The van der Waals surface area contributed by atoms with Gasteiger partial charge in [0.2, 0.25) is 0 Å². The first kappa shape index (κ1) is 19.7. The lowest BCUT2D eigenvalue weighted by atomic mass is 9.85. The highest BCUT2D eigenvalue weighted by Crippen LogP contribution is 2.36. The van der Waals surface area contributed by atoms with Gasteiger partial charge < -0.3 is 20.8 Å². The van der Waals surface area contributed by atoms with Gasteiger partial charge in [-0.25, -0.2) is 4.79 Å². The number of carboxylic acids is 1. The first-order valence-electron chi connectivity index (χ1n) is 9.92. The Morgan fingerprint density at radius 2 is 1.83 bits per heavy atom. The zero-order valence-corrected chi connectivity index (χ0v) is 16.7. The first-order valence-corrected chi connectivity index (χ1v) is 9.92. The van der Waals surface area contributed by atoms with Crippen LogP contribution in [-0.2, 0) is 0 Å². The van der Waals surface area contributed by atoms with Crippen LogP contribution in [0.25, 0.3) is 11.3 Å². The molecule has 1 aliphatic heterocycles. The van der Waals surface area contributed by atoms with Gasteiger partial charge in [0, 0.05) is 24.6 Å². The summed E-state index contributed by atoms with van der Waals surface area (Å²) >= 11 is 0. The Balaban J connectivity index is 1.64. The van der Waals surface area contributed by atoms with Gasteiger partial charge in [-0.05, 0) is 48.2 Å². The number of nitrogens with zero attached hydrogens (tertiary/aromatic N) is 3. The monoisotopic (exact) mass is 404 g/mol. The van der Waals surface area contributed by atoms with Gasteiger partial charge >= 0.3 is 5.97 Å². The van der Waals surface area contributed by atoms with Crippen molar-refractivity contribution in [2.75, 3.05) is 23.7 Å². The summed E-state index contributed by atoms with van der Waals surface area (Å²) in [7, 11) is 0. The predicted molar refractivity (Wildman–Crippen MR) is 116 cm³/mol. The van der Waals surface area contributed by atoms with E-state index in [-0.39, 0.29) is 17.2 Å². The second-order valence-corrected chi connectivity index (χ2v) is 7.89. The number of aromatic hydroxyl groups is 1. The van der Waals surface area contributed by atoms with Crippen molar-refractivity contribution in [3.8, 4) is 17.0 Å². The van der Waals surface area contributed by atoms with Gasteiger partial charge in [0.15, 0.2) is 5.82 Å². The molecule has 7 nitrogen and oxygen atoms in total. The Morgan fingerprint density at radius 3 is 2.53 bits per heavy atom. The lowest BCUT2D eigenvalue weighted by molar-refractivity contribution is 0.0697. The highest BCUT2D eigenvalue weighted by molar-refractivity contribution is 5.87. The van der Waals surface area contributed by atoms with Gasteiger partial charge in [0.25, 0.3) is 0 Å². The average molecular weight is 404 g/mol. The molecule has 0 saturated carbocycles. The SMILES string of the molecule is C[C@@H]1C[C@H](c2ccc(C(=O)O)cc2)CN(c2cc(-c3ccccc3O)nnc2N)C1. The topological polar surface area (TPSA) is 113 Å². The second kappa shape index (κ2) is 8.02. The minimum Gasteiger partial charge on any atom is -0.507 e. The minimum absolute atomic E-state index is 0.144. The minimum atomic E-state index is -0.924. The number of rotatable bonds is 4. The molecule has 0 spiro atoms. The number of para-hydroxylation sites is 1. The third-order valence-electron chi connectivity index (χ3n) is 5.61. The van der Waals surface area contributed by atoms with E-state index in [9.17, 15) is 9.90 Å². The number of hydrogen-bond acceptors (Lipinski definition) is 6. The Morgan fingerprint density at radius 1 is 1.10 bits per heavy atom. The number of aromatic carboxylic acids is 1. The van der Waals surface area contributed by atoms with Crippen molar-refractivity contribution in [2.24, 2.45) is 5.92 Å². The summed E-state index contributed by atoms with van der Waals surface area (Å²) < 4.78 is 0. The molecule has 0 aliphatic carbocycles. The van der Waals surface area contributed by atoms with Gasteiger partial charge in [0.1, 0.15) is 5.75 Å². The smallest absolute Gasteiger partial charge is 0.335 e. The van der Waals surface area contributed by atoms with Crippen LogP contribution >= 0.6 is 0 Å². The van der Waals surface area contributed by atoms with Crippen molar-refractivity contribution >= 4 is 17.5 Å². The highest BCUT2D eigenvalue weighted by atomic mass is 16.4. The second-order valence-electron chi connectivity index (χ2n) is 7.89. The van der Waals surface area contributed by atoms with Crippen molar-refractivity contribution in [3.05, 3.63) is 65.7 Å². The van der Waals surface area contributed by atoms with E-state index in [1.54, 1.807) is 30.3 Å². The molecule has 3 aromatic rings. The summed E-state index contributed by atoms with van der Waals surface area (Å²) in [5.41, 5.74) is 9.54. The van der Waals surface area contributed by atoms with Gasteiger partial charge in [-0.15, -0.1) is 10.2 Å². The van der Waals surface area contributed by atoms with Crippen molar-refractivity contribution in [1.82, 2.24) is 10.2 Å². The van der Waals surface area contributed by atoms with Crippen LogP contribution in [0, 0.1) is 5.92 Å². The molecule has 1 fully saturated rings. The summed E-state index contributed by atoms with van der Waals surface area (Å²) in [4.78, 5) is 13.3. The number of carbonyl (C=O) groups is 1. The van der Waals surface area contributed by atoms with E-state index in [4.69, 9.17) is 10.8 Å². The lowest BCUT2D eigenvalue weighted by Crippen LogP contribution is -2.39. The molecular weight excluding hydrogens is 380 g/mol. The fraction of sp³-hybridized carbons (Fsp3) is 0.261. The highest BCUT2D eigenvalue weighted by Gasteiger charge is 2.28. The van der Waals surface area contributed by atoms with E-state index in [0.29, 0.717) is 23.0 Å². The number of hydrogen-bond donors (Lipinski definition) is 3. The van der Waals surface area contributed by atoms with Gasteiger partial charge in [-0.1, -0.05) is 31.2 Å². The van der Waals surface area contributed by atoms with Crippen LogP contribution in [0.2, 0.25) is 0 Å². The Hall–Kier alpha value is -3.61. The Labute approximate surface area is 174 Å². The molecule has 1 aliphatic rings. The molecule has 2 aromatic carbocycles. The molecule has 7 heteroatoms. The van der Waals surface area contributed by atoms with E-state index < -0.39 is 5.97 Å². The molecule has 0 amide bonds. The standard InChI is InChI=1S/C23H24N4O3/c1-14-10-17(15-6-8-16(9-7-15)23(29)30)13-27(12-14)20-11-19(25-26-22(20)24)18-4-2-3-5-21(18)28/h2-9,11,14,17,28H,10,12-13H2,1H3,(H2,24,26)(H,29,30)/t14-,17+/m1/s1. The molecule has 2 heterocycles. The van der Waals surface area contributed by atoms with E-state index >= 15 is 0 Å². The lowest BCUT2D eigenvalue weighted by Gasteiger charge is -2.38. The number of nitrogens with two attached hydrogens (primary N) is 1. The summed E-state index contributed by atoms with van der Waals surface area (Å²) in [5.74, 6) is 0.239. The number of carboxylic acid groups (broad SMARTS) is 1. The van der Waals surface area contributed by atoms with Crippen LogP contribution in [-0.4, -0.2) is 39.5 Å². The maximum Gasteiger partial charge on any atom is 0.335 e. The number of piperidine rings is 1. The Kier molecular flexibility index (Phi) is 5.27. The summed E-state index contributed by atoms with van der Waals surface area (Å²) in [6.07, 6.45) is 1.01.